The fourth-order valence-electron chi connectivity index (χ4n) is 1.59. The van der Waals surface area contributed by atoms with Crippen molar-refractivity contribution in [3.8, 4) is 0 Å². The van der Waals surface area contributed by atoms with Gasteiger partial charge in [-0.15, -0.1) is 0 Å². The average molecular weight is 157 g/mol. The standard InChI is InChI=1S/C8H19N3/c1-6(2)11-4-7(9)8(5-11)10-3/h6-8,10H,4-5,9H2,1-3H3/t7-,8+/m1/s1. The summed E-state index contributed by atoms with van der Waals surface area (Å²) in [5, 5.41) is 3.23. The SMILES string of the molecule is CN[C@H]1CN(C(C)C)C[C@H]1N. The number of nitrogens with two attached hydrogens (primary N) is 1. The van der Waals surface area contributed by atoms with Crippen molar-refractivity contribution in [3.63, 3.8) is 0 Å². The van der Waals surface area contributed by atoms with Gasteiger partial charge in [0.25, 0.3) is 0 Å². The molecule has 66 valence electrons. The zero-order valence-corrected chi connectivity index (χ0v) is 7.67. The highest BCUT2D eigenvalue weighted by atomic mass is 15.2. The van der Waals surface area contributed by atoms with Crippen LogP contribution in [-0.4, -0.2) is 43.2 Å². The second kappa shape index (κ2) is 3.52. The van der Waals surface area contributed by atoms with Gasteiger partial charge in [0.15, 0.2) is 0 Å². The van der Waals surface area contributed by atoms with Gasteiger partial charge in [0.2, 0.25) is 0 Å². The molecule has 0 bridgehead atoms. The van der Waals surface area contributed by atoms with E-state index in [4.69, 9.17) is 5.73 Å². The van der Waals surface area contributed by atoms with Gasteiger partial charge in [-0.25, -0.2) is 0 Å². The predicted octanol–water partition coefficient (Wildman–Crippen LogP) is -0.374. The van der Waals surface area contributed by atoms with Crippen LogP contribution in [0.25, 0.3) is 0 Å². The number of rotatable bonds is 2. The quantitative estimate of drug-likeness (QED) is 0.574. The molecular formula is C8H19N3. The summed E-state index contributed by atoms with van der Waals surface area (Å²) >= 11 is 0. The Morgan fingerprint density at radius 1 is 1.45 bits per heavy atom. The summed E-state index contributed by atoms with van der Waals surface area (Å²) in [4.78, 5) is 2.41. The van der Waals surface area contributed by atoms with E-state index >= 15 is 0 Å². The maximum Gasteiger partial charge on any atom is 0.0357 e. The molecule has 3 nitrogen and oxygen atoms in total. The highest BCUT2D eigenvalue weighted by Crippen LogP contribution is 2.10. The summed E-state index contributed by atoms with van der Waals surface area (Å²) in [5.74, 6) is 0. The van der Waals surface area contributed by atoms with E-state index in [1.165, 1.54) is 0 Å². The van der Waals surface area contributed by atoms with Gasteiger partial charge in [0.05, 0.1) is 0 Å². The number of nitrogens with one attached hydrogen (secondary N) is 1. The van der Waals surface area contributed by atoms with Crippen molar-refractivity contribution in [1.29, 1.82) is 0 Å². The molecule has 2 atom stereocenters. The van der Waals surface area contributed by atoms with E-state index in [0.29, 0.717) is 18.1 Å². The molecule has 0 aromatic heterocycles. The zero-order valence-electron chi connectivity index (χ0n) is 7.67. The lowest BCUT2D eigenvalue weighted by Gasteiger charge is -2.19. The zero-order chi connectivity index (χ0) is 8.43. The predicted molar refractivity (Wildman–Crippen MR) is 47.5 cm³/mol. The van der Waals surface area contributed by atoms with E-state index in [1.54, 1.807) is 0 Å². The molecule has 0 spiro atoms. The van der Waals surface area contributed by atoms with E-state index in [-0.39, 0.29) is 0 Å². The maximum absolute atomic E-state index is 5.91. The van der Waals surface area contributed by atoms with Crippen molar-refractivity contribution in [3.05, 3.63) is 0 Å². The molecule has 0 radical (unpaired) electrons. The van der Waals surface area contributed by atoms with Crippen LogP contribution in [0.4, 0.5) is 0 Å². The van der Waals surface area contributed by atoms with Crippen LogP contribution in [0, 0.1) is 0 Å². The highest BCUT2D eigenvalue weighted by Gasteiger charge is 2.29. The minimum absolute atomic E-state index is 0.308. The molecule has 1 heterocycles. The summed E-state index contributed by atoms with van der Waals surface area (Å²) in [6, 6.07) is 1.42. The van der Waals surface area contributed by atoms with Gasteiger partial charge in [-0.3, -0.25) is 4.90 Å². The Morgan fingerprint density at radius 2 is 2.09 bits per heavy atom. The Balaban J connectivity index is 2.43. The summed E-state index contributed by atoms with van der Waals surface area (Å²) in [7, 11) is 1.98. The number of likely N-dealkylation sites (tertiary alicyclic amines) is 1. The lowest BCUT2D eigenvalue weighted by molar-refractivity contribution is 0.268. The third-order valence-corrected chi connectivity index (χ3v) is 2.49. The van der Waals surface area contributed by atoms with Crippen LogP contribution in [0.5, 0.6) is 0 Å². The molecule has 3 heteroatoms. The lowest BCUT2D eigenvalue weighted by Crippen LogP contribution is -2.41. The topological polar surface area (TPSA) is 41.3 Å². The Hall–Kier alpha value is -0.120. The van der Waals surface area contributed by atoms with Crippen LogP contribution in [0.15, 0.2) is 0 Å². The summed E-state index contributed by atoms with van der Waals surface area (Å²) in [6.45, 7) is 6.55. The first-order valence-electron chi connectivity index (χ1n) is 4.32. The summed E-state index contributed by atoms with van der Waals surface area (Å²) in [5.41, 5.74) is 5.91. The van der Waals surface area contributed by atoms with Crippen LogP contribution in [-0.2, 0) is 0 Å². The smallest absolute Gasteiger partial charge is 0.0357 e. The minimum Gasteiger partial charge on any atom is -0.325 e. The maximum atomic E-state index is 5.91. The normalized spacial score (nSPS) is 33.5. The lowest BCUT2D eigenvalue weighted by atomic mass is 10.2. The minimum atomic E-state index is 0.308. The number of hydrogen-bond donors (Lipinski definition) is 2. The van der Waals surface area contributed by atoms with Crippen LogP contribution in [0.3, 0.4) is 0 Å². The molecular weight excluding hydrogens is 138 g/mol. The summed E-state index contributed by atoms with van der Waals surface area (Å²) in [6.07, 6.45) is 0. The number of nitrogens with zero attached hydrogens (tertiary/aromatic N) is 1. The van der Waals surface area contributed by atoms with E-state index in [2.05, 4.69) is 24.1 Å². The van der Waals surface area contributed by atoms with Crippen molar-refractivity contribution in [2.45, 2.75) is 32.0 Å². The Morgan fingerprint density at radius 3 is 2.36 bits per heavy atom. The van der Waals surface area contributed by atoms with Crippen LogP contribution in [0.2, 0.25) is 0 Å². The number of likely N-dealkylation sites (N-methyl/N-ethyl adjacent to an activating group) is 1. The van der Waals surface area contributed by atoms with Crippen LogP contribution < -0.4 is 11.1 Å². The molecule has 0 aromatic rings. The first-order chi connectivity index (χ1) is 5.15. The second-order valence-corrected chi connectivity index (χ2v) is 3.61. The molecule has 0 amide bonds. The fourth-order valence-corrected chi connectivity index (χ4v) is 1.59. The van der Waals surface area contributed by atoms with Crippen molar-refractivity contribution in [2.75, 3.05) is 20.1 Å². The molecule has 1 aliphatic heterocycles. The fraction of sp³-hybridized carbons (Fsp3) is 1.00. The third-order valence-electron chi connectivity index (χ3n) is 2.49. The van der Waals surface area contributed by atoms with Gasteiger partial charge in [0.1, 0.15) is 0 Å². The second-order valence-electron chi connectivity index (χ2n) is 3.61. The van der Waals surface area contributed by atoms with Gasteiger partial charge >= 0.3 is 0 Å². The molecule has 0 saturated carbocycles. The van der Waals surface area contributed by atoms with E-state index in [9.17, 15) is 0 Å². The van der Waals surface area contributed by atoms with Gasteiger partial charge in [0, 0.05) is 31.2 Å². The monoisotopic (exact) mass is 157 g/mol. The first kappa shape index (κ1) is 8.97. The van der Waals surface area contributed by atoms with E-state index in [0.717, 1.165) is 13.1 Å². The molecule has 0 aromatic carbocycles. The van der Waals surface area contributed by atoms with Gasteiger partial charge in [-0.05, 0) is 20.9 Å². The van der Waals surface area contributed by atoms with Gasteiger partial charge < -0.3 is 11.1 Å². The Kier molecular flexibility index (Phi) is 2.87. The molecule has 0 unspecified atom stereocenters. The molecule has 1 saturated heterocycles. The molecule has 3 N–H and O–H groups in total. The molecule has 0 aliphatic carbocycles. The van der Waals surface area contributed by atoms with Gasteiger partial charge in [-0.1, -0.05) is 0 Å². The van der Waals surface area contributed by atoms with Crippen molar-refractivity contribution >= 4 is 0 Å². The van der Waals surface area contributed by atoms with Crippen LogP contribution in [0.1, 0.15) is 13.8 Å². The molecule has 11 heavy (non-hydrogen) atoms. The van der Waals surface area contributed by atoms with Gasteiger partial charge in [-0.2, -0.15) is 0 Å². The summed E-state index contributed by atoms with van der Waals surface area (Å²) < 4.78 is 0. The molecule has 1 fully saturated rings. The average Bonchev–Trinajstić information content (AvgIpc) is 2.31. The van der Waals surface area contributed by atoms with E-state index < -0.39 is 0 Å². The molecule has 1 aliphatic rings. The van der Waals surface area contributed by atoms with Crippen molar-refractivity contribution in [2.24, 2.45) is 5.73 Å². The third kappa shape index (κ3) is 1.92. The molecule has 1 rings (SSSR count). The van der Waals surface area contributed by atoms with Crippen LogP contribution >= 0.6 is 0 Å². The largest absolute Gasteiger partial charge is 0.325 e. The highest BCUT2D eigenvalue weighted by molar-refractivity contribution is 4.92. The number of hydrogen-bond acceptors (Lipinski definition) is 3. The Labute approximate surface area is 68.9 Å². The first-order valence-corrected chi connectivity index (χ1v) is 4.32. The van der Waals surface area contributed by atoms with E-state index in [1.807, 2.05) is 7.05 Å². The van der Waals surface area contributed by atoms with Crippen molar-refractivity contribution < 1.29 is 0 Å². The Bertz CT molecular complexity index is 125. The van der Waals surface area contributed by atoms with Crippen molar-refractivity contribution in [1.82, 2.24) is 10.2 Å².